The van der Waals surface area contributed by atoms with Gasteiger partial charge in [0, 0.05) is 36.8 Å². The number of nitrogens with two attached hydrogens (primary N) is 1. The number of hydrogen-bond acceptors (Lipinski definition) is 10. The Morgan fingerprint density at radius 1 is 1.14 bits per heavy atom. The fourth-order valence-electron chi connectivity index (χ4n) is 4.41. The number of carboxylic acid groups (broad SMARTS) is 1. The molecule has 0 spiro atoms. The third-order valence-corrected chi connectivity index (χ3v) is 7.08. The Morgan fingerprint density at radius 3 is 2.57 bits per heavy atom. The summed E-state index contributed by atoms with van der Waals surface area (Å²) in [6.07, 6.45) is 2.62. The standard InChI is InChI=1S/C22H24ClFN4O3.C9H11NO3/c1-29-20-13-19-16(12-21(20)31-8-2-5-28-6-9-30-10-7-28)22(26-14-25-19)27-15-3-4-18(24)17(23)11-15;10-8(9(12)13)5-6-1-3-7(11)4-2-6/h3-4,11-14H,2,5-10H2,1H3,(H,25,26,27);1-4,8,11H,5,10H2,(H,12,13)/t;8-/m.0/s1. The molecule has 1 aliphatic heterocycles. The number of hydrogen-bond donors (Lipinski definition) is 4. The van der Waals surface area contributed by atoms with E-state index >= 15 is 0 Å². The smallest absolute Gasteiger partial charge is 0.320 e. The SMILES string of the molecule is COc1cc2ncnc(Nc3ccc(F)c(Cl)c3)c2cc1OCCCN1CCOCC1.N[C@@H](Cc1ccc(O)cc1)C(=O)O. The second kappa shape index (κ2) is 16.0. The van der Waals surface area contributed by atoms with Gasteiger partial charge in [-0.15, -0.1) is 0 Å². The van der Waals surface area contributed by atoms with Gasteiger partial charge in [-0.2, -0.15) is 0 Å². The fraction of sp³-hybridized carbons (Fsp3) is 0.323. The van der Waals surface area contributed by atoms with Crippen molar-refractivity contribution in [3.8, 4) is 17.2 Å². The van der Waals surface area contributed by atoms with Gasteiger partial charge in [0.2, 0.25) is 0 Å². The molecule has 11 nitrogen and oxygen atoms in total. The summed E-state index contributed by atoms with van der Waals surface area (Å²) < 4.78 is 30.4. The lowest BCUT2D eigenvalue weighted by Gasteiger charge is -2.26. The Bertz CT molecular complexity index is 1540. The zero-order valence-electron chi connectivity index (χ0n) is 24.2. The second-order valence-corrected chi connectivity index (χ2v) is 10.4. The van der Waals surface area contributed by atoms with Crippen LogP contribution in [0.3, 0.4) is 0 Å². The highest BCUT2D eigenvalue weighted by Crippen LogP contribution is 2.35. The van der Waals surface area contributed by atoms with Crippen LogP contribution in [-0.4, -0.2) is 83.7 Å². The molecule has 5 rings (SSSR count). The van der Waals surface area contributed by atoms with Gasteiger partial charge in [-0.3, -0.25) is 9.69 Å². The summed E-state index contributed by atoms with van der Waals surface area (Å²) in [6, 6.07) is 13.5. The van der Waals surface area contributed by atoms with E-state index in [4.69, 9.17) is 41.8 Å². The van der Waals surface area contributed by atoms with E-state index in [1.807, 2.05) is 12.1 Å². The van der Waals surface area contributed by atoms with Crippen LogP contribution in [0.15, 0.2) is 60.9 Å². The van der Waals surface area contributed by atoms with Crippen molar-refractivity contribution in [3.05, 3.63) is 77.3 Å². The molecular formula is C31H35ClFN5O6. The molecule has 13 heteroatoms. The van der Waals surface area contributed by atoms with Gasteiger partial charge in [-0.1, -0.05) is 23.7 Å². The number of nitrogens with one attached hydrogen (secondary N) is 1. The van der Waals surface area contributed by atoms with Crippen LogP contribution in [0.25, 0.3) is 10.9 Å². The van der Waals surface area contributed by atoms with E-state index < -0.39 is 17.8 Å². The van der Waals surface area contributed by atoms with Gasteiger partial charge < -0.3 is 35.5 Å². The van der Waals surface area contributed by atoms with Crippen LogP contribution in [-0.2, 0) is 16.0 Å². The first-order valence-electron chi connectivity index (χ1n) is 14.0. The number of carbonyl (C=O) groups is 1. The van der Waals surface area contributed by atoms with E-state index in [9.17, 15) is 9.18 Å². The molecule has 1 atom stereocenters. The van der Waals surface area contributed by atoms with E-state index in [0.29, 0.717) is 35.1 Å². The summed E-state index contributed by atoms with van der Waals surface area (Å²) in [6.45, 7) is 5.00. The summed E-state index contributed by atoms with van der Waals surface area (Å²) in [5.41, 5.74) is 7.44. The predicted octanol–water partition coefficient (Wildman–Crippen LogP) is 4.62. The Kier molecular flexibility index (Phi) is 11.9. The van der Waals surface area contributed by atoms with Gasteiger partial charge in [0.15, 0.2) is 11.5 Å². The number of morpholine rings is 1. The minimum Gasteiger partial charge on any atom is -0.508 e. The Labute approximate surface area is 259 Å². The van der Waals surface area contributed by atoms with E-state index in [2.05, 4.69) is 20.2 Å². The molecule has 3 aromatic carbocycles. The average molecular weight is 628 g/mol. The molecule has 0 unspecified atom stereocenters. The van der Waals surface area contributed by atoms with Crippen LogP contribution in [0, 0.1) is 5.82 Å². The van der Waals surface area contributed by atoms with Crippen LogP contribution in [0.5, 0.6) is 17.2 Å². The lowest BCUT2D eigenvalue weighted by molar-refractivity contribution is -0.138. The highest BCUT2D eigenvalue weighted by Gasteiger charge is 2.14. The number of fused-ring (bicyclic) bond motifs is 1. The summed E-state index contributed by atoms with van der Waals surface area (Å²) in [4.78, 5) is 21.4. The van der Waals surface area contributed by atoms with Crippen LogP contribution in [0.4, 0.5) is 15.9 Å². The van der Waals surface area contributed by atoms with E-state index in [-0.39, 0.29) is 17.2 Å². The molecule has 1 saturated heterocycles. The Balaban J connectivity index is 0.000000285. The predicted molar refractivity (Wildman–Crippen MR) is 166 cm³/mol. The van der Waals surface area contributed by atoms with Crippen molar-refractivity contribution in [3.63, 3.8) is 0 Å². The summed E-state index contributed by atoms with van der Waals surface area (Å²) in [7, 11) is 1.60. The van der Waals surface area contributed by atoms with E-state index in [0.717, 1.165) is 50.2 Å². The summed E-state index contributed by atoms with van der Waals surface area (Å²) in [5.74, 6) is 0.451. The number of aliphatic carboxylic acids is 1. The number of carboxylic acids is 1. The van der Waals surface area contributed by atoms with Crippen molar-refractivity contribution in [2.24, 2.45) is 5.73 Å². The zero-order valence-corrected chi connectivity index (χ0v) is 25.0. The number of nitrogens with zero attached hydrogens (tertiary/aromatic N) is 3. The van der Waals surface area contributed by atoms with Gasteiger partial charge in [0.25, 0.3) is 0 Å². The minimum absolute atomic E-state index is 0.0364. The molecule has 0 radical (unpaired) electrons. The lowest BCUT2D eigenvalue weighted by Crippen LogP contribution is -2.37. The number of phenols is 1. The quantitative estimate of drug-likeness (QED) is 0.172. The minimum atomic E-state index is -1.02. The van der Waals surface area contributed by atoms with Gasteiger partial charge in [0.05, 0.1) is 37.5 Å². The normalized spacial score (nSPS) is 13.9. The number of anilines is 2. The number of aromatic nitrogens is 2. The summed E-state index contributed by atoms with van der Waals surface area (Å²) >= 11 is 5.90. The molecule has 0 aliphatic carbocycles. The number of rotatable bonds is 11. The highest BCUT2D eigenvalue weighted by atomic mass is 35.5. The van der Waals surface area contributed by atoms with E-state index in [1.54, 1.807) is 25.3 Å². The van der Waals surface area contributed by atoms with Crippen molar-refractivity contribution >= 4 is 40.0 Å². The van der Waals surface area contributed by atoms with Gasteiger partial charge in [0.1, 0.15) is 29.8 Å². The molecule has 5 N–H and O–H groups in total. The van der Waals surface area contributed by atoms with Crippen molar-refractivity contribution in [1.29, 1.82) is 0 Å². The molecule has 234 valence electrons. The van der Waals surface area contributed by atoms with Crippen LogP contribution >= 0.6 is 11.6 Å². The lowest BCUT2D eigenvalue weighted by atomic mass is 10.1. The Hall–Kier alpha value is -4.23. The topological polar surface area (TPSA) is 152 Å². The zero-order chi connectivity index (χ0) is 31.5. The number of phenolic OH excluding ortho intramolecular Hbond substituents is 1. The number of halogens is 2. The molecule has 1 aromatic heterocycles. The van der Waals surface area contributed by atoms with Crippen LogP contribution in [0.2, 0.25) is 5.02 Å². The maximum atomic E-state index is 13.5. The van der Waals surface area contributed by atoms with Crippen molar-refractivity contribution in [2.45, 2.75) is 18.9 Å². The molecule has 4 aromatic rings. The average Bonchev–Trinajstić information content (AvgIpc) is 3.03. The third kappa shape index (κ3) is 9.38. The fourth-order valence-corrected chi connectivity index (χ4v) is 4.60. The van der Waals surface area contributed by atoms with Gasteiger partial charge in [-0.25, -0.2) is 14.4 Å². The number of benzene rings is 3. The first-order chi connectivity index (χ1) is 21.2. The van der Waals surface area contributed by atoms with Gasteiger partial charge >= 0.3 is 5.97 Å². The molecule has 0 saturated carbocycles. The second-order valence-electron chi connectivity index (χ2n) is 9.97. The van der Waals surface area contributed by atoms with Crippen molar-refractivity contribution < 1.29 is 33.6 Å². The van der Waals surface area contributed by atoms with Crippen LogP contribution < -0.4 is 20.5 Å². The molecule has 44 heavy (non-hydrogen) atoms. The maximum Gasteiger partial charge on any atom is 0.320 e. The Morgan fingerprint density at radius 2 is 1.89 bits per heavy atom. The molecule has 0 amide bonds. The highest BCUT2D eigenvalue weighted by molar-refractivity contribution is 6.31. The largest absolute Gasteiger partial charge is 0.508 e. The third-order valence-electron chi connectivity index (χ3n) is 6.79. The molecule has 0 bridgehead atoms. The van der Waals surface area contributed by atoms with Crippen LogP contribution in [0.1, 0.15) is 12.0 Å². The molecular weight excluding hydrogens is 593 g/mol. The maximum absolute atomic E-state index is 13.5. The number of ether oxygens (including phenoxy) is 3. The van der Waals surface area contributed by atoms with Crippen molar-refractivity contribution in [2.75, 3.05) is 51.9 Å². The number of aromatic hydroxyl groups is 1. The van der Waals surface area contributed by atoms with Gasteiger partial charge in [-0.05, 0) is 54.8 Å². The van der Waals surface area contributed by atoms with E-state index in [1.165, 1.54) is 30.6 Å². The first-order valence-corrected chi connectivity index (χ1v) is 14.3. The molecule has 1 fully saturated rings. The monoisotopic (exact) mass is 627 g/mol. The molecule has 1 aliphatic rings. The molecule has 2 heterocycles. The van der Waals surface area contributed by atoms with Crippen molar-refractivity contribution in [1.82, 2.24) is 14.9 Å². The first kappa shape index (κ1) is 32.7. The number of methoxy groups -OCH3 is 1. The summed E-state index contributed by atoms with van der Waals surface area (Å²) in [5, 5.41) is 21.4.